The molecule has 1 aromatic heterocycles. The molecule has 4 heterocycles. The van der Waals surface area contributed by atoms with Crippen molar-refractivity contribution in [1.82, 2.24) is 9.88 Å². The van der Waals surface area contributed by atoms with Crippen LogP contribution in [0, 0.1) is 11.8 Å². The largest absolute Gasteiger partial charge is 0.323 e. The van der Waals surface area contributed by atoms with Gasteiger partial charge in [-0.25, -0.2) is 0 Å². The lowest BCUT2D eigenvalue weighted by Crippen LogP contribution is -2.56. The van der Waals surface area contributed by atoms with E-state index in [9.17, 15) is 0 Å². The van der Waals surface area contributed by atoms with Gasteiger partial charge in [0.2, 0.25) is 0 Å². The first kappa shape index (κ1) is 13.9. The van der Waals surface area contributed by atoms with E-state index < -0.39 is 0 Å². The van der Waals surface area contributed by atoms with Gasteiger partial charge in [0.1, 0.15) is 0 Å². The summed E-state index contributed by atoms with van der Waals surface area (Å²) in [4.78, 5) is 7.04. The van der Waals surface area contributed by atoms with Gasteiger partial charge < -0.3 is 5.73 Å². The van der Waals surface area contributed by atoms with Crippen LogP contribution in [-0.2, 0) is 0 Å². The summed E-state index contributed by atoms with van der Waals surface area (Å²) in [5, 5.41) is 1.19. The lowest BCUT2D eigenvalue weighted by Gasteiger charge is -2.51. The fourth-order valence-corrected chi connectivity index (χ4v) is 4.37. The van der Waals surface area contributed by atoms with Crippen molar-refractivity contribution in [3.8, 4) is 0 Å². The third-order valence-corrected chi connectivity index (χ3v) is 5.61. The van der Waals surface area contributed by atoms with Crippen molar-refractivity contribution in [2.45, 2.75) is 24.9 Å². The molecule has 5 atom stereocenters. The van der Waals surface area contributed by atoms with Crippen molar-refractivity contribution in [2.75, 3.05) is 13.1 Å². The molecule has 2 bridgehead atoms. The monoisotopic (exact) mass is 293 g/mol. The van der Waals surface area contributed by atoms with E-state index in [0.717, 1.165) is 18.0 Å². The van der Waals surface area contributed by atoms with E-state index in [-0.39, 0.29) is 6.04 Å². The summed E-state index contributed by atoms with van der Waals surface area (Å²) in [7, 11) is 0. The van der Waals surface area contributed by atoms with Crippen LogP contribution in [0.3, 0.4) is 0 Å². The maximum Gasteiger partial charge on any atom is 0.0705 e. The average Bonchev–Trinajstić information content (AvgIpc) is 2.60. The molecule has 114 valence electrons. The molecular weight excluding hydrogens is 270 g/mol. The molecular formula is C19H23N3. The van der Waals surface area contributed by atoms with Gasteiger partial charge >= 0.3 is 0 Å². The van der Waals surface area contributed by atoms with Gasteiger partial charge in [0, 0.05) is 30.2 Å². The Kier molecular flexibility index (Phi) is 3.47. The third kappa shape index (κ3) is 2.16. The Morgan fingerprint density at radius 1 is 1.32 bits per heavy atom. The number of nitrogens with zero attached hydrogens (tertiary/aromatic N) is 2. The van der Waals surface area contributed by atoms with Crippen LogP contribution < -0.4 is 5.73 Å². The summed E-state index contributed by atoms with van der Waals surface area (Å²) in [6, 6.07) is 10.9. The molecule has 0 spiro atoms. The van der Waals surface area contributed by atoms with Gasteiger partial charge in [-0.15, -0.1) is 6.58 Å². The fraction of sp³-hybridized carbons (Fsp3) is 0.421. The number of para-hydroxylation sites is 1. The molecule has 3 aliphatic rings. The number of nitrogens with two attached hydrogens (primary N) is 1. The molecule has 2 aromatic rings. The zero-order valence-corrected chi connectivity index (χ0v) is 12.9. The molecule has 1 unspecified atom stereocenters. The second-order valence-corrected chi connectivity index (χ2v) is 6.69. The average molecular weight is 293 g/mol. The molecule has 1 aromatic carbocycles. The lowest BCUT2D eigenvalue weighted by atomic mass is 9.73. The minimum Gasteiger partial charge on any atom is -0.323 e. The molecule has 22 heavy (non-hydrogen) atoms. The molecule has 0 amide bonds. The standard InChI is InChI=1S/C19H23N3/c1-2-13-12-22-10-8-14(13)11-18(22)19(20)16-7-9-21-17-6-4-3-5-15(16)17/h2-7,9,13-14,18-19H,1,8,10-12,20H2/t13-,14+,18+,19+/m0/s1. The molecule has 3 heteroatoms. The Bertz CT molecular complexity index is 691. The first-order valence-corrected chi connectivity index (χ1v) is 8.24. The van der Waals surface area contributed by atoms with Crippen LogP contribution in [0.5, 0.6) is 0 Å². The van der Waals surface area contributed by atoms with Crippen molar-refractivity contribution in [1.29, 1.82) is 0 Å². The number of hydrogen-bond donors (Lipinski definition) is 1. The smallest absolute Gasteiger partial charge is 0.0705 e. The second kappa shape index (κ2) is 5.49. The van der Waals surface area contributed by atoms with Gasteiger partial charge in [-0.1, -0.05) is 24.3 Å². The highest BCUT2D eigenvalue weighted by molar-refractivity contribution is 5.82. The Balaban J connectivity index is 1.67. The zero-order valence-electron chi connectivity index (χ0n) is 12.9. The van der Waals surface area contributed by atoms with Gasteiger partial charge in [-0.05, 0) is 48.9 Å². The summed E-state index contributed by atoms with van der Waals surface area (Å²) in [5.41, 5.74) is 8.99. The number of fused-ring (bicyclic) bond motifs is 4. The molecule has 2 N–H and O–H groups in total. The normalized spacial score (nSPS) is 32.0. The van der Waals surface area contributed by atoms with E-state index in [4.69, 9.17) is 5.73 Å². The molecule has 3 fully saturated rings. The maximum absolute atomic E-state index is 6.71. The molecule has 3 saturated heterocycles. The predicted molar refractivity (Wildman–Crippen MR) is 90.4 cm³/mol. The van der Waals surface area contributed by atoms with Crippen LogP contribution in [0.1, 0.15) is 24.4 Å². The first-order chi connectivity index (χ1) is 10.8. The molecule has 0 radical (unpaired) electrons. The second-order valence-electron chi connectivity index (χ2n) is 6.69. The Hall–Kier alpha value is -1.71. The number of benzene rings is 1. The van der Waals surface area contributed by atoms with Gasteiger partial charge in [-0.2, -0.15) is 0 Å². The molecule has 3 nitrogen and oxygen atoms in total. The number of piperidine rings is 3. The molecule has 3 aliphatic heterocycles. The number of aromatic nitrogens is 1. The summed E-state index contributed by atoms with van der Waals surface area (Å²) in [6.45, 7) is 6.30. The van der Waals surface area contributed by atoms with E-state index in [1.807, 2.05) is 12.3 Å². The van der Waals surface area contributed by atoms with E-state index in [0.29, 0.717) is 12.0 Å². The quantitative estimate of drug-likeness (QED) is 0.884. The number of hydrogen-bond acceptors (Lipinski definition) is 3. The SMILES string of the molecule is C=C[C@H]1CN2CC[C@@H]1C[C@@H]2[C@H](N)c1ccnc2ccccc12. The van der Waals surface area contributed by atoms with Crippen LogP contribution in [0.25, 0.3) is 10.9 Å². The van der Waals surface area contributed by atoms with E-state index in [1.54, 1.807) is 0 Å². The summed E-state index contributed by atoms with van der Waals surface area (Å²) in [5.74, 6) is 1.40. The van der Waals surface area contributed by atoms with Crippen LogP contribution in [0.2, 0.25) is 0 Å². The number of rotatable bonds is 3. The highest BCUT2D eigenvalue weighted by Crippen LogP contribution is 2.41. The number of pyridine rings is 1. The summed E-state index contributed by atoms with van der Waals surface area (Å²) in [6.07, 6.45) is 6.51. The van der Waals surface area contributed by atoms with Crippen molar-refractivity contribution in [3.05, 3.63) is 54.7 Å². The van der Waals surface area contributed by atoms with Gasteiger partial charge in [0.15, 0.2) is 0 Å². The maximum atomic E-state index is 6.71. The first-order valence-electron chi connectivity index (χ1n) is 8.24. The van der Waals surface area contributed by atoms with E-state index in [2.05, 4.69) is 46.8 Å². The van der Waals surface area contributed by atoms with E-state index >= 15 is 0 Å². The Morgan fingerprint density at radius 3 is 2.95 bits per heavy atom. The van der Waals surface area contributed by atoms with Crippen LogP contribution in [-0.4, -0.2) is 29.0 Å². The lowest BCUT2D eigenvalue weighted by molar-refractivity contribution is 0.00749. The van der Waals surface area contributed by atoms with Crippen LogP contribution in [0.4, 0.5) is 0 Å². The van der Waals surface area contributed by atoms with Gasteiger partial charge in [-0.3, -0.25) is 9.88 Å². The minimum absolute atomic E-state index is 0.0569. The summed E-state index contributed by atoms with van der Waals surface area (Å²) >= 11 is 0. The van der Waals surface area contributed by atoms with Gasteiger partial charge in [0.25, 0.3) is 0 Å². The third-order valence-electron chi connectivity index (χ3n) is 5.61. The zero-order chi connectivity index (χ0) is 15.1. The highest BCUT2D eigenvalue weighted by Gasteiger charge is 2.41. The molecule has 0 saturated carbocycles. The fourth-order valence-electron chi connectivity index (χ4n) is 4.37. The predicted octanol–water partition coefficient (Wildman–Crippen LogP) is 3.13. The van der Waals surface area contributed by atoms with E-state index in [1.165, 1.54) is 30.3 Å². The highest BCUT2D eigenvalue weighted by atomic mass is 15.2. The van der Waals surface area contributed by atoms with Crippen molar-refractivity contribution < 1.29 is 0 Å². The van der Waals surface area contributed by atoms with Crippen LogP contribution in [0.15, 0.2) is 49.2 Å². The molecule has 5 rings (SSSR count). The topological polar surface area (TPSA) is 42.1 Å². The van der Waals surface area contributed by atoms with Crippen molar-refractivity contribution in [3.63, 3.8) is 0 Å². The minimum atomic E-state index is 0.0569. The van der Waals surface area contributed by atoms with Crippen LogP contribution >= 0.6 is 0 Å². The summed E-state index contributed by atoms with van der Waals surface area (Å²) < 4.78 is 0. The molecule has 0 aliphatic carbocycles. The van der Waals surface area contributed by atoms with Crippen molar-refractivity contribution >= 4 is 10.9 Å². The van der Waals surface area contributed by atoms with Gasteiger partial charge in [0.05, 0.1) is 5.52 Å². The Morgan fingerprint density at radius 2 is 2.18 bits per heavy atom. The van der Waals surface area contributed by atoms with Crippen molar-refractivity contribution in [2.24, 2.45) is 17.6 Å². The Labute approximate surface area is 131 Å².